The van der Waals surface area contributed by atoms with E-state index in [4.69, 9.17) is 0 Å². The summed E-state index contributed by atoms with van der Waals surface area (Å²) in [5.74, 6) is -0.469. The molecule has 0 aliphatic heterocycles. The quantitative estimate of drug-likeness (QED) is 0.904. The van der Waals surface area contributed by atoms with Gasteiger partial charge in [0, 0.05) is 23.6 Å². The summed E-state index contributed by atoms with van der Waals surface area (Å²) in [6.45, 7) is 1.20. The van der Waals surface area contributed by atoms with E-state index in [0.29, 0.717) is 13.1 Å². The van der Waals surface area contributed by atoms with Crippen molar-refractivity contribution < 1.29 is 9.50 Å². The third-order valence-electron chi connectivity index (χ3n) is 2.49. The minimum Gasteiger partial charge on any atom is -0.508 e. The van der Waals surface area contributed by atoms with Gasteiger partial charge in [0.2, 0.25) is 0 Å². The van der Waals surface area contributed by atoms with Crippen molar-refractivity contribution >= 4 is 15.9 Å². The molecule has 0 amide bonds. The maximum absolute atomic E-state index is 13.0. The Morgan fingerprint density at radius 3 is 2.56 bits per heavy atom. The van der Waals surface area contributed by atoms with Gasteiger partial charge in [0.1, 0.15) is 11.6 Å². The zero-order valence-corrected chi connectivity index (χ0v) is 11.2. The second kappa shape index (κ2) is 5.98. The molecule has 0 aromatic heterocycles. The third-order valence-corrected chi connectivity index (χ3v) is 2.98. The smallest absolute Gasteiger partial charge is 0.127 e. The maximum Gasteiger partial charge on any atom is 0.127 e. The van der Waals surface area contributed by atoms with Crippen molar-refractivity contribution in [3.8, 4) is 5.75 Å². The van der Waals surface area contributed by atoms with Crippen molar-refractivity contribution in [1.82, 2.24) is 5.32 Å². The molecule has 2 N–H and O–H groups in total. The Morgan fingerprint density at radius 1 is 1.06 bits per heavy atom. The average Bonchev–Trinajstić information content (AvgIpc) is 2.27. The van der Waals surface area contributed by atoms with E-state index in [1.807, 2.05) is 24.3 Å². The lowest BCUT2D eigenvalue weighted by atomic mass is 10.2. The number of nitrogens with one attached hydrogen (secondary N) is 1. The van der Waals surface area contributed by atoms with Crippen molar-refractivity contribution in [2.45, 2.75) is 13.1 Å². The molecule has 18 heavy (non-hydrogen) atoms. The number of phenols is 1. The highest BCUT2D eigenvalue weighted by molar-refractivity contribution is 9.10. The molecular formula is C14H13BrFNO. The van der Waals surface area contributed by atoms with E-state index < -0.39 is 5.82 Å². The molecule has 0 spiro atoms. The van der Waals surface area contributed by atoms with Gasteiger partial charge in [-0.2, -0.15) is 0 Å². The lowest BCUT2D eigenvalue weighted by Crippen LogP contribution is -2.12. The Kier molecular flexibility index (Phi) is 4.33. The summed E-state index contributed by atoms with van der Waals surface area (Å²) in [6, 6.07) is 12.0. The summed E-state index contributed by atoms with van der Waals surface area (Å²) in [5, 5.41) is 12.5. The molecule has 94 valence electrons. The summed E-state index contributed by atoms with van der Waals surface area (Å²) in [6.07, 6.45) is 0. The van der Waals surface area contributed by atoms with Crippen LogP contribution in [0.5, 0.6) is 5.75 Å². The largest absolute Gasteiger partial charge is 0.508 e. The fourth-order valence-electron chi connectivity index (χ4n) is 1.73. The molecule has 0 unspecified atom stereocenters. The first kappa shape index (κ1) is 13.1. The molecule has 0 aliphatic rings. The molecule has 2 aromatic carbocycles. The van der Waals surface area contributed by atoms with E-state index in [0.717, 1.165) is 21.7 Å². The number of phenolic OH excluding ortho intramolecular Hbond substituents is 1. The van der Waals surface area contributed by atoms with E-state index in [9.17, 15) is 9.50 Å². The van der Waals surface area contributed by atoms with Crippen molar-refractivity contribution in [2.24, 2.45) is 0 Å². The molecule has 4 heteroatoms. The molecule has 0 saturated carbocycles. The predicted octanol–water partition coefficient (Wildman–Crippen LogP) is 3.58. The van der Waals surface area contributed by atoms with Crippen molar-refractivity contribution in [1.29, 1.82) is 0 Å². The van der Waals surface area contributed by atoms with Gasteiger partial charge < -0.3 is 10.4 Å². The zero-order chi connectivity index (χ0) is 13.0. The first-order valence-electron chi connectivity index (χ1n) is 5.57. The average molecular weight is 310 g/mol. The van der Waals surface area contributed by atoms with Gasteiger partial charge in [-0.05, 0) is 35.4 Å². The van der Waals surface area contributed by atoms with Crippen LogP contribution >= 0.6 is 15.9 Å². The van der Waals surface area contributed by atoms with Crippen LogP contribution in [0.1, 0.15) is 11.1 Å². The van der Waals surface area contributed by atoms with Gasteiger partial charge in [-0.15, -0.1) is 0 Å². The number of hydrogen-bond acceptors (Lipinski definition) is 2. The topological polar surface area (TPSA) is 32.3 Å². The monoisotopic (exact) mass is 309 g/mol. The molecule has 0 saturated heterocycles. The Hall–Kier alpha value is -1.39. The number of rotatable bonds is 4. The van der Waals surface area contributed by atoms with Gasteiger partial charge in [-0.3, -0.25) is 0 Å². The van der Waals surface area contributed by atoms with Crippen molar-refractivity contribution in [3.63, 3.8) is 0 Å². The second-order valence-corrected chi connectivity index (χ2v) is 4.97. The normalized spacial score (nSPS) is 10.6. The van der Waals surface area contributed by atoms with Gasteiger partial charge in [0.25, 0.3) is 0 Å². The second-order valence-electron chi connectivity index (χ2n) is 4.05. The molecule has 2 rings (SSSR count). The highest BCUT2D eigenvalue weighted by atomic mass is 79.9. The molecule has 0 bridgehead atoms. The summed E-state index contributed by atoms with van der Waals surface area (Å²) in [4.78, 5) is 0. The Morgan fingerprint density at radius 2 is 1.83 bits per heavy atom. The van der Waals surface area contributed by atoms with Gasteiger partial charge in [-0.25, -0.2) is 4.39 Å². The van der Waals surface area contributed by atoms with E-state index >= 15 is 0 Å². The first-order chi connectivity index (χ1) is 8.63. The molecule has 0 radical (unpaired) electrons. The molecule has 2 nitrogen and oxygen atoms in total. The molecule has 0 heterocycles. The number of halogens is 2. The SMILES string of the molecule is Oc1cc(F)cc(CNCc2cccc(Br)c2)c1. The predicted molar refractivity (Wildman–Crippen MR) is 72.8 cm³/mol. The molecular weight excluding hydrogens is 297 g/mol. The van der Waals surface area contributed by atoms with E-state index in [1.54, 1.807) is 6.07 Å². The molecule has 0 fully saturated rings. The molecule has 2 aromatic rings. The van der Waals surface area contributed by atoms with Crippen LogP contribution in [0.2, 0.25) is 0 Å². The molecule has 0 atom stereocenters. The number of aromatic hydroxyl groups is 1. The first-order valence-corrected chi connectivity index (χ1v) is 6.36. The molecule has 0 aliphatic carbocycles. The van der Waals surface area contributed by atoms with E-state index in [1.165, 1.54) is 6.07 Å². The van der Waals surface area contributed by atoms with Crippen LogP contribution in [0.25, 0.3) is 0 Å². The van der Waals surface area contributed by atoms with Crippen LogP contribution in [0.3, 0.4) is 0 Å². The standard InChI is InChI=1S/C14H13BrFNO/c15-12-3-1-2-10(4-12)8-17-9-11-5-13(16)7-14(18)6-11/h1-7,17-18H,8-9H2. The third kappa shape index (κ3) is 3.82. The van der Waals surface area contributed by atoms with Gasteiger partial charge >= 0.3 is 0 Å². The summed E-state index contributed by atoms with van der Waals surface area (Å²) in [7, 11) is 0. The lowest BCUT2D eigenvalue weighted by molar-refractivity contribution is 0.467. The number of hydrogen-bond donors (Lipinski definition) is 2. The van der Waals surface area contributed by atoms with Crippen molar-refractivity contribution in [3.05, 3.63) is 63.9 Å². The summed E-state index contributed by atoms with van der Waals surface area (Å²) in [5.41, 5.74) is 1.87. The fraction of sp³-hybridized carbons (Fsp3) is 0.143. The highest BCUT2D eigenvalue weighted by Crippen LogP contribution is 2.15. The van der Waals surface area contributed by atoms with Gasteiger partial charge in [0.15, 0.2) is 0 Å². The van der Waals surface area contributed by atoms with Crippen LogP contribution in [0.4, 0.5) is 4.39 Å². The van der Waals surface area contributed by atoms with Crippen LogP contribution in [0.15, 0.2) is 46.9 Å². The van der Waals surface area contributed by atoms with E-state index in [-0.39, 0.29) is 5.75 Å². The minimum atomic E-state index is -0.422. The Bertz CT molecular complexity index is 525. The lowest BCUT2D eigenvalue weighted by Gasteiger charge is -2.06. The van der Waals surface area contributed by atoms with Gasteiger partial charge in [-0.1, -0.05) is 28.1 Å². The Balaban J connectivity index is 1.92. The van der Waals surface area contributed by atoms with Crippen LogP contribution < -0.4 is 5.32 Å². The summed E-state index contributed by atoms with van der Waals surface area (Å²) >= 11 is 3.41. The summed E-state index contributed by atoms with van der Waals surface area (Å²) < 4.78 is 14.1. The van der Waals surface area contributed by atoms with Crippen LogP contribution in [-0.4, -0.2) is 5.11 Å². The zero-order valence-electron chi connectivity index (χ0n) is 9.66. The van der Waals surface area contributed by atoms with Gasteiger partial charge in [0.05, 0.1) is 0 Å². The number of benzene rings is 2. The fourth-order valence-corrected chi connectivity index (χ4v) is 2.18. The maximum atomic E-state index is 13.0. The highest BCUT2D eigenvalue weighted by Gasteiger charge is 2.00. The van der Waals surface area contributed by atoms with Crippen LogP contribution in [-0.2, 0) is 13.1 Å². The minimum absolute atomic E-state index is 0.0470. The van der Waals surface area contributed by atoms with Crippen LogP contribution in [0, 0.1) is 5.82 Å². The van der Waals surface area contributed by atoms with E-state index in [2.05, 4.69) is 21.2 Å². The Labute approximate surface area is 114 Å². The van der Waals surface area contributed by atoms with Crippen molar-refractivity contribution in [2.75, 3.05) is 0 Å².